The Labute approximate surface area is 112 Å². The zero-order chi connectivity index (χ0) is 14.6. The zero-order valence-electron chi connectivity index (χ0n) is 11.9. The van der Waals surface area contributed by atoms with E-state index in [9.17, 15) is 13.2 Å². The van der Waals surface area contributed by atoms with Crippen LogP contribution in [0.2, 0.25) is 0 Å². The Morgan fingerprint density at radius 3 is 2.21 bits per heavy atom. The molecule has 1 unspecified atom stereocenters. The number of hydrogen-bond acceptors (Lipinski definition) is 2. The highest BCUT2D eigenvalue weighted by Crippen LogP contribution is 2.33. The predicted octanol–water partition coefficient (Wildman–Crippen LogP) is 4.59. The Hall–Kier alpha value is -0.970. The summed E-state index contributed by atoms with van der Waals surface area (Å²) >= 11 is 0. The summed E-state index contributed by atoms with van der Waals surface area (Å²) in [5.74, 6) is 1.49. The van der Waals surface area contributed by atoms with Gasteiger partial charge in [-0.25, -0.2) is 0 Å². The van der Waals surface area contributed by atoms with Crippen molar-refractivity contribution in [2.24, 2.45) is 0 Å². The number of alkyl halides is 3. The zero-order valence-corrected chi connectivity index (χ0v) is 11.9. The molecule has 5 heteroatoms. The molecule has 0 aromatic carbocycles. The van der Waals surface area contributed by atoms with Crippen molar-refractivity contribution >= 4 is 0 Å². The lowest BCUT2D eigenvalue weighted by Crippen LogP contribution is -2.25. The molecule has 0 spiro atoms. The van der Waals surface area contributed by atoms with Crippen LogP contribution in [0.25, 0.3) is 0 Å². The van der Waals surface area contributed by atoms with Crippen LogP contribution in [0.5, 0.6) is 0 Å². The molecular formula is C14H22F3NO. The summed E-state index contributed by atoms with van der Waals surface area (Å²) in [6.07, 6.45) is -3.97. The lowest BCUT2D eigenvalue weighted by molar-refractivity contribution is -0.136. The average Bonchev–Trinajstić information content (AvgIpc) is 2.53. The quantitative estimate of drug-likeness (QED) is 0.822. The third kappa shape index (κ3) is 4.56. The molecule has 0 aliphatic carbocycles. The average molecular weight is 277 g/mol. The first kappa shape index (κ1) is 16.1. The smallest absolute Gasteiger partial charge is 0.389 e. The molecule has 1 N–H and O–H groups in total. The Kier molecular flexibility index (Phi) is 5.47. The summed E-state index contributed by atoms with van der Waals surface area (Å²) in [5.41, 5.74) is 1.84. The van der Waals surface area contributed by atoms with Crippen molar-refractivity contribution in [1.82, 2.24) is 5.32 Å². The Balaban J connectivity index is 2.89. The minimum atomic E-state index is -4.12. The van der Waals surface area contributed by atoms with Crippen LogP contribution in [-0.2, 0) is 0 Å². The lowest BCUT2D eigenvalue weighted by atomic mass is 9.97. The van der Waals surface area contributed by atoms with Crippen LogP contribution in [0, 0.1) is 20.8 Å². The van der Waals surface area contributed by atoms with Crippen molar-refractivity contribution < 1.29 is 17.6 Å². The van der Waals surface area contributed by atoms with E-state index in [0.29, 0.717) is 12.3 Å². The highest BCUT2D eigenvalue weighted by molar-refractivity contribution is 5.34. The lowest BCUT2D eigenvalue weighted by Gasteiger charge is -2.20. The summed E-state index contributed by atoms with van der Waals surface area (Å²) in [6.45, 7) is 8.24. The maximum Gasteiger partial charge on any atom is 0.389 e. The molecule has 1 rings (SSSR count). The molecule has 1 atom stereocenters. The summed E-state index contributed by atoms with van der Waals surface area (Å²) in [4.78, 5) is 0. The third-order valence-electron chi connectivity index (χ3n) is 3.32. The number of aryl methyl sites for hydroxylation is 2. The van der Waals surface area contributed by atoms with Crippen LogP contribution in [0.4, 0.5) is 13.2 Å². The van der Waals surface area contributed by atoms with Crippen molar-refractivity contribution in [3.8, 4) is 0 Å². The predicted molar refractivity (Wildman–Crippen MR) is 69.2 cm³/mol. The molecule has 1 aromatic rings. The molecule has 1 aromatic heterocycles. The van der Waals surface area contributed by atoms with Crippen LogP contribution < -0.4 is 5.32 Å². The molecule has 2 nitrogen and oxygen atoms in total. The number of halogens is 3. The van der Waals surface area contributed by atoms with E-state index < -0.39 is 12.6 Å². The monoisotopic (exact) mass is 277 g/mol. The van der Waals surface area contributed by atoms with E-state index in [2.05, 4.69) is 5.32 Å². The summed E-state index contributed by atoms with van der Waals surface area (Å²) < 4.78 is 42.7. The van der Waals surface area contributed by atoms with Gasteiger partial charge in [0, 0.05) is 18.0 Å². The van der Waals surface area contributed by atoms with Crippen LogP contribution in [-0.4, -0.2) is 12.7 Å². The van der Waals surface area contributed by atoms with Crippen molar-refractivity contribution in [2.45, 2.75) is 59.2 Å². The van der Waals surface area contributed by atoms with Crippen molar-refractivity contribution in [3.63, 3.8) is 0 Å². The maximum absolute atomic E-state index is 12.4. The van der Waals surface area contributed by atoms with Crippen LogP contribution in [0.3, 0.4) is 0 Å². The highest BCUT2D eigenvalue weighted by Gasteiger charge is 2.30. The Morgan fingerprint density at radius 1 is 1.16 bits per heavy atom. The van der Waals surface area contributed by atoms with Gasteiger partial charge in [0.25, 0.3) is 0 Å². The number of furan rings is 1. The van der Waals surface area contributed by atoms with Crippen LogP contribution >= 0.6 is 0 Å². The van der Waals surface area contributed by atoms with Gasteiger partial charge in [0.05, 0.1) is 0 Å². The van der Waals surface area contributed by atoms with Gasteiger partial charge in [-0.05, 0) is 45.7 Å². The summed E-state index contributed by atoms with van der Waals surface area (Å²) in [5, 5.41) is 3.19. The molecule has 0 amide bonds. The second-order valence-corrected chi connectivity index (χ2v) is 4.91. The number of hydrogen-bond donors (Lipinski definition) is 1. The fourth-order valence-electron chi connectivity index (χ4n) is 2.30. The van der Waals surface area contributed by atoms with Crippen molar-refractivity contribution in [1.29, 1.82) is 0 Å². The molecule has 0 bridgehead atoms. The molecule has 0 radical (unpaired) electrons. The van der Waals surface area contributed by atoms with Gasteiger partial charge in [-0.1, -0.05) is 6.92 Å². The topological polar surface area (TPSA) is 25.2 Å². The molecule has 1 heterocycles. The SMILES string of the molecule is CCCNC(CCC(F)(F)F)c1c(C)oc(C)c1C. The van der Waals surface area contributed by atoms with E-state index in [1.54, 1.807) is 0 Å². The van der Waals surface area contributed by atoms with Gasteiger partial charge in [0.2, 0.25) is 0 Å². The Bertz CT molecular complexity index is 410. The number of rotatable bonds is 6. The molecule has 110 valence electrons. The molecule has 0 saturated heterocycles. The van der Waals surface area contributed by atoms with E-state index in [4.69, 9.17) is 4.42 Å². The van der Waals surface area contributed by atoms with Gasteiger partial charge < -0.3 is 9.73 Å². The molecule has 0 fully saturated rings. The molecule has 0 aliphatic heterocycles. The fraction of sp³-hybridized carbons (Fsp3) is 0.714. The standard InChI is InChI=1S/C14H22F3NO/c1-5-8-18-12(6-7-14(15,16)17)13-9(2)10(3)19-11(13)4/h12,18H,5-8H2,1-4H3. The molecule has 0 aliphatic rings. The Morgan fingerprint density at radius 2 is 1.79 bits per heavy atom. The van der Waals surface area contributed by atoms with E-state index in [-0.39, 0.29) is 12.5 Å². The summed E-state index contributed by atoms with van der Waals surface area (Å²) in [6, 6.07) is -0.293. The second-order valence-electron chi connectivity index (χ2n) is 4.91. The fourth-order valence-corrected chi connectivity index (χ4v) is 2.30. The van der Waals surface area contributed by atoms with E-state index in [1.165, 1.54) is 0 Å². The van der Waals surface area contributed by atoms with Crippen LogP contribution in [0.15, 0.2) is 4.42 Å². The van der Waals surface area contributed by atoms with Gasteiger partial charge in [-0.15, -0.1) is 0 Å². The van der Waals surface area contributed by atoms with Crippen molar-refractivity contribution in [3.05, 3.63) is 22.6 Å². The van der Waals surface area contributed by atoms with E-state index in [0.717, 1.165) is 23.3 Å². The highest BCUT2D eigenvalue weighted by atomic mass is 19.4. The maximum atomic E-state index is 12.4. The van der Waals surface area contributed by atoms with Gasteiger partial charge in [-0.2, -0.15) is 13.2 Å². The third-order valence-corrected chi connectivity index (χ3v) is 3.32. The first-order chi connectivity index (χ1) is 8.76. The molecule has 19 heavy (non-hydrogen) atoms. The van der Waals surface area contributed by atoms with Gasteiger partial charge in [-0.3, -0.25) is 0 Å². The minimum absolute atomic E-state index is 0.0458. The largest absolute Gasteiger partial charge is 0.466 e. The normalized spacial score (nSPS) is 13.8. The minimum Gasteiger partial charge on any atom is -0.466 e. The van der Waals surface area contributed by atoms with Gasteiger partial charge in [0.1, 0.15) is 11.5 Å². The van der Waals surface area contributed by atoms with Gasteiger partial charge >= 0.3 is 6.18 Å². The van der Waals surface area contributed by atoms with Crippen molar-refractivity contribution in [2.75, 3.05) is 6.54 Å². The van der Waals surface area contributed by atoms with E-state index in [1.807, 2.05) is 27.7 Å². The molecular weight excluding hydrogens is 255 g/mol. The second kappa shape index (κ2) is 6.46. The first-order valence-corrected chi connectivity index (χ1v) is 6.63. The molecule has 0 saturated carbocycles. The van der Waals surface area contributed by atoms with Crippen LogP contribution in [0.1, 0.15) is 54.9 Å². The summed E-state index contributed by atoms with van der Waals surface area (Å²) in [7, 11) is 0. The first-order valence-electron chi connectivity index (χ1n) is 6.63. The number of nitrogens with one attached hydrogen (secondary N) is 1. The van der Waals surface area contributed by atoms with Gasteiger partial charge in [0.15, 0.2) is 0 Å². The van der Waals surface area contributed by atoms with E-state index >= 15 is 0 Å².